The minimum Gasteiger partial charge on any atom is -0.506 e. The Kier molecular flexibility index (Phi) is 11.0. The molecule has 2 aromatic heterocycles. The SMILES string of the molecule is CC=C(C)CN(CCN(CCC)Cc1c(CC)cnc(C)c1O)Cc1c(CO)cnc(C)c1O. The molecular weight excluding hydrogens is 428 g/mol. The van der Waals surface area contributed by atoms with Gasteiger partial charge in [0.25, 0.3) is 0 Å². The summed E-state index contributed by atoms with van der Waals surface area (Å²) in [5.74, 6) is 0.455. The molecule has 0 atom stereocenters. The number of aryl methyl sites for hydroxylation is 3. The van der Waals surface area contributed by atoms with Gasteiger partial charge in [-0.15, -0.1) is 0 Å². The molecule has 34 heavy (non-hydrogen) atoms. The van der Waals surface area contributed by atoms with E-state index in [9.17, 15) is 15.3 Å². The lowest BCUT2D eigenvalue weighted by Gasteiger charge is -2.29. The van der Waals surface area contributed by atoms with E-state index in [0.717, 1.165) is 55.7 Å². The average molecular weight is 471 g/mol. The second kappa shape index (κ2) is 13.4. The van der Waals surface area contributed by atoms with Crippen molar-refractivity contribution in [2.24, 2.45) is 0 Å². The molecule has 0 aliphatic rings. The lowest BCUT2D eigenvalue weighted by atomic mass is 10.0. The number of aromatic hydroxyl groups is 2. The predicted molar refractivity (Wildman–Crippen MR) is 137 cm³/mol. The third-order valence-corrected chi connectivity index (χ3v) is 6.41. The first-order valence-electron chi connectivity index (χ1n) is 12.2. The van der Waals surface area contributed by atoms with Crippen LogP contribution in [-0.4, -0.2) is 61.3 Å². The fraction of sp³-hybridized carbons (Fsp3) is 0.556. The summed E-state index contributed by atoms with van der Waals surface area (Å²) in [7, 11) is 0. The number of aliphatic hydroxyl groups excluding tert-OH is 1. The van der Waals surface area contributed by atoms with Crippen molar-refractivity contribution in [3.05, 3.63) is 57.7 Å². The lowest BCUT2D eigenvalue weighted by Crippen LogP contribution is -2.36. The molecule has 0 spiro atoms. The highest BCUT2D eigenvalue weighted by molar-refractivity contribution is 5.41. The molecule has 0 amide bonds. The van der Waals surface area contributed by atoms with Crippen LogP contribution in [-0.2, 0) is 26.1 Å². The number of nitrogens with zero attached hydrogens (tertiary/aromatic N) is 4. The Labute approximate surface area is 204 Å². The van der Waals surface area contributed by atoms with Crippen molar-refractivity contribution < 1.29 is 15.3 Å². The van der Waals surface area contributed by atoms with Crippen molar-refractivity contribution in [2.75, 3.05) is 26.2 Å². The average Bonchev–Trinajstić information content (AvgIpc) is 2.83. The number of pyridine rings is 2. The molecule has 188 valence electrons. The molecule has 2 rings (SSSR count). The first kappa shape index (κ1) is 27.8. The van der Waals surface area contributed by atoms with Gasteiger partial charge in [-0.3, -0.25) is 19.8 Å². The number of aliphatic hydroxyl groups is 1. The maximum atomic E-state index is 10.7. The third-order valence-electron chi connectivity index (χ3n) is 6.41. The molecule has 0 aromatic carbocycles. The summed E-state index contributed by atoms with van der Waals surface area (Å²) < 4.78 is 0. The Balaban J connectivity index is 2.26. The van der Waals surface area contributed by atoms with Gasteiger partial charge in [0.2, 0.25) is 0 Å². The molecule has 0 saturated carbocycles. The Morgan fingerprint density at radius 2 is 1.41 bits per heavy atom. The second-order valence-electron chi connectivity index (χ2n) is 9.03. The monoisotopic (exact) mass is 470 g/mol. The number of hydrogen-bond acceptors (Lipinski definition) is 7. The van der Waals surface area contributed by atoms with Gasteiger partial charge in [0, 0.05) is 61.8 Å². The van der Waals surface area contributed by atoms with Crippen LogP contribution in [0.15, 0.2) is 24.0 Å². The standard InChI is InChI=1S/C27H42N4O3/c1-7-10-30(16-24-22(9-3)13-28-20(5)26(24)33)11-12-31(15-19(4)8-2)17-25-23(18-32)14-29-21(6)27(25)34/h8,13-14,32-34H,7,9-12,15-18H2,1-6H3. The van der Waals surface area contributed by atoms with Crippen molar-refractivity contribution in [3.63, 3.8) is 0 Å². The molecule has 0 unspecified atom stereocenters. The summed E-state index contributed by atoms with van der Waals surface area (Å²) in [5, 5.41) is 31.2. The fourth-order valence-electron chi connectivity index (χ4n) is 4.14. The van der Waals surface area contributed by atoms with Crippen LogP contribution in [0.3, 0.4) is 0 Å². The number of rotatable bonds is 13. The molecule has 7 heteroatoms. The minimum absolute atomic E-state index is 0.157. The van der Waals surface area contributed by atoms with Gasteiger partial charge in [0.15, 0.2) is 0 Å². The third kappa shape index (κ3) is 7.26. The van der Waals surface area contributed by atoms with Crippen LogP contribution in [0.4, 0.5) is 0 Å². The first-order valence-corrected chi connectivity index (χ1v) is 12.2. The van der Waals surface area contributed by atoms with Gasteiger partial charge in [0.05, 0.1) is 18.0 Å². The van der Waals surface area contributed by atoms with E-state index in [0.29, 0.717) is 35.8 Å². The van der Waals surface area contributed by atoms with Crippen LogP contribution in [0.5, 0.6) is 11.5 Å². The quantitative estimate of drug-likeness (QED) is 0.377. The Morgan fingerprint density at radius 3 is 1.94 bits per heavy atom. The number of hydrogen-bond donors (Lipinski definition) is 3. The first-order chi connectivity index (χ1) is 16.2. The van der Waals surface area contributed by atoms with E-state index in [-0.39, 0.29) is 12.4 Å². The van der Waals surface area contributed by atoms with Crippen LogP contribution in [0.1, 0.15) is 67.8 Å². The topological polar surface area (TPSA) is 93.0 Å². The van der Waals surface area contributed by atoms with Gasteiger partial charge in [-0.2, -0.15) is 0 Å². The van der Waals surface area contributed by atoms with Crippen molar-refractivity contribution in [3.8, 4) is 11.5 Å². The van der Waals surface area contributed by atoms with Crippen molar-refractivity contribution in [1.82, 2.24) is 19.8 Å². The molecule has 0 aliphatic heterocycles. The van der Waals surface area contributed by atoms with E-state index >= 15 is 0 Å². The zero-order valence-corrected chi connectivity index (χ0v) is 21.7. The molecule has 0 bridgehead atoms. The molecule has 3 N–H and O–H groups in total. The zero-order chi connectivity index (χ0) is 25.3. The maximum absolute atomic E-state index is 10.7. The van der Waals surface area contributed by atoms with Gasteiger partial charge in [-0.25, -0.2) is 0 Å². The normalized spacial score (nSPS) is 12.2. The molecular formula is C27H42N4O3. The van der Waals surface area contributed by atoms with Crippen LogP contribution >= 0.6 is 0 Å². The van der Waals surface area contributed by atoms with Crippen LogP contribution < -0.4 is 0 Å². The lowest BCUT2D eigenvalue weighted by molar-refractivity contribution is 0.197. The van der Waals surface area contributed by atoms with Gasteiger partial charge < -0.3 is 15.3 Å². The molecule has 2 aromatic rings. The predicted octanol–water partition coefficient (Wildman–Crippen LogP) is 4.24. The summed E-state index contributed by atoms with van der Waals surface area (Å²) in [6, 6.07) is 0. The summed E-state index contributed by atoms with van der Waals surface area (Å²) in [4.78, 5) is 13.2. The molecule has 0 radical (unpaired) electrons. The summed E-state index contributed by atoms with van der Waals surface area (Å²) in [6.07, 6.45) is 7.47. The maximum Gasteiger partial charge on any atom is 0.141 e. The number of aromatic nitrogens is 2. The number of allylic oxidation sites excluding steroid dienone is 1. The fourth-order valence-corrected chi connectivity index (χ4v) is 4.14. The van der Waals surface area contributed by atoms with Crippen molar-refractivity contribution >= 4 is 0 Å². The van der Waals surface area contributed by atoms with E-state index in [2.05, 4.69) is 46.6 Å². The molecule has 0 aliphatic carbocycles. The van der Waals surface area contributed by atoms with E-state index in [4.69, 9.17) is 0 Å². The van der Waals surface area contributed by atoms with Crippen LogP contribution in [0.2, 0.25) is 0 Å². The van der Waals surface area contributed by atoms with Gasteiger partial charge >= 0.3 is 0 Å². The van der Waals surface area contributed by atoms with Gasteiger partial charge in [-0.1, -0.05) is 25.5 Å². The molecule has 7 nitrogen and oxygen atoms in total. The Bertz CT molecular complexity index is 975. The van der Waals surface area contributed by atoms with E-state index in [1.54, 1.807) is 13.1 Å². The van der Waals surface area contributed by atoms with Gasteiger partial charge in [-0.05, 0) is 52.6 Å². The summed E-state index contributed by atoms with van der Waals surface area (Å²) >= 11 is 0. The van der Waals surface area contributed by atoms with E-state index in [1.165, 1.54) is 5.57 Å². The smallest absolute Gasteiger partial charge is 0.141 e. The highest BCUT2D eigenvalue weighted by Crippen LogP contribution is 2.27. The van der Waals surface area contributed by atoms with E-state index < -0.39 is 0 Å². The van der Waals surface area contributed by atoms with E-state index in [1.807, 2.05) is 20.0 Å². The largest absolute Gasteiger partial charge is 0.506 e. The van der Waals surface area contributed by atoms with Gasteiger partial charge in [0.1, 0.15) is 11.5 Å². The molecule has 0 fully saturated rings. The Morgan fingerprint density at radius 1 is 0.882 bits per heavy atom. The van der Waals surface area contributed by atoms with Crippen LogP contribution in [0.25, 0.3) is 0 Å². The molecule has 0 saturated heterocycles. The Hall–Kier alpha value is -2.48. The minimum atomic E-state index is -0.158. The second-order valence-corrected chi connectivity index (χ2v) is 9.03. The molecule has 2 heterocycles. The summed E-state index contributed by atoms with van der Waals surface area (Å²) in [6.45, 7) is 16.3. The van der Waals surface area contributed by atoms with Crippen molar-refractivity contribution in [1.29, 1.82) is 0 Å². The van der Waals surface area contributed by atoms with Crippen molar-refractivity contribution in [2.45, 2.75) is 74.1 Å². The van der Waals surface area contributed by atoms with Crippen LogP contribution in [0, 0.1) is 13.8 Å². The summed E-state index contributed by atoms with van der Waals surface area (Å²) in [5.41, 5.74) is 5.90. The zero-order valence-electron chi connectivity index (χ0n) is 21.7. The highest BCUT2D eigenvalue weighted by Gasteiger charge is 2.19. The highest BCUT2D eigenvalue weighted by atomic mass is 16.3.